The first kappa shape index (κ1) is 62.5. The quantitative estimate of drug-likeness (QED) is 0.0795. The standard InChI is InChI=1S/C32H12BF24.C21H22OP/c34-25(35,36)13-1-14(26(37,38)39)6-21(5-13)33(22-7-15(27(40,41)42)2-16(8-22)28(43,44)45,23-9-17(29(46,47)48)3-18(10-23)30(49,50)51)24-11-19(31(52,53)54)4-20(12-24)32(55,56)57;1-18(2)22-23(19-12-6-3-7-13-19,20-14-8-4-9-15-20)21-16-10-5-11-17-21/h1-12H;3-18H,1-2H3/q-1;+1. The lowest BCUT2D eigenvalue weighted by molar-refractivity contribution is -0.144. The first-order valence-corrected chi connectivity index (χ1v) is 24.3. The van der Waals surface area contributed by atoms with Crippen molar-refractivity contribution in [3.8, 4) is 0 Å². The molecular formula is C53H34BF24OP. The molecule has 0 radical (unpaired) electrons. The minimum absolute atomic E-state index is 0.143. The summed E-state index contributed by atoms with van der Waals surface area (Å²) < 4.78 is 348. The molecule has 0 fully saturated rings. The Hall–Kier alpha value is -6.69. The van der Waals surface area contributed by atoms with Crippen LogP contribution in [0.3, 0.4) is 0 Å². The summed E-state index contributed by atoms with van der Waals surface area (Å²) in [6.07, 6.45) is -54.7. The van der Waals surface area contributed by atoms with E-state index < -0.39 is 202 Å². The van der Waals surface area contributed by atoms with Crippen LogP contribution >= 0.6 is 7.49 Å². The maximum absolute atomic E-state index is 14.2. The molecule has 0 aromatic heterocycles. The minimum atomic E-state index is -6.13. The highest BCUT2D eigenvalue weighted by Gasteiger charge is 2.50. The van der Waals surface area contributed by atoms with Crippen LogP contribution in [0.15, 0.2) is 164 Å². The van der Waals surface area contributed by atoms with Crippen molar-refractivity contribution in [2.24, 2.45) is 0 Å². The van der Waals surface area contributed by atoms with Gasteiger partial charge in [0.05, 0.1) is 50.6 Å². The van der Waals surface area contributed by atoms with Gasteiger partial charge in [0.1, 0.15) is 22.1 Å². The summed E-state index contributed by atoms with van der Waals surface area (Å²) in [5.41, 5.74) is -30.2. The van der Waals surface area contributed by atoms with Gasteiger partial charge in [0.15, 0.2) is 0 Å². The highest BCUT2D eigenvalue weighted by atomic mass is 31.2. The van der Waals surface area contributed by atoms with Crippen LogP contribution in [-0.2, 0) is 53.9 Å². The van der Waals surface area contributed by atoms with Gasteiger partial charge in [-0.05, 0) is 74.5 Å². The molecular weight excluding hydrogens is 1150 g/mol. The molecule has 0 N–H and O–H groups in total. The molecule has 0 aliphatic rings. The summed E-state index contributed by atoms with van der Waals surface area (Å²) in [4.78, 5) is 0. The Labute approximate surface area is 438 Å². The normalized spacial score (nSPS) is 13.5. The Bertz CT molecular complexity index is 2730. The largest absolute Gasteiger partial charge is 0.416 e. The van der Waals surface area contributed by atoms with E-state index >= 15 is 0 Å². The Morgan fingerprint density at radius 1 is 0.275 bits per heavy atom. The van der Waals surface area contributed by atoms with Crippen molar-refractivity contribution in [3.05, 3.63) is 208 Å². The molecule has 0 aliphatic heterocycles. The van der Waals surface area contributed by atoms with Gasteiger partial charge in [-0.3, -0.25) is 0 Å². The van der Waals surface area contributed by atoms with Crippen LogP contribution < -0.4 is 37.8 Å². The molecule has 0 amide bonds. The molecule has 7 aromatic rings. The van der Waals surface area contributed by atoms with Crippen molar-refractivity contribution in [1.29, 1.82) is 0 Å². The SMILES string of the molecule is CC(C)O[P+](c1ccccc1)(c1ccccc1)c1ccccc1.FC(F)(F)c1cc([B-](c2cc(C(F)(F)F)cc(C(F)(F)F)c2)(c2cc(C(F)(F)F)cc(C(F)(F)F)c2)c2cc(C(F)(F)F)cc(C(F)(F)F)c2)cc(C(F)(F)F)c1. The van der Waals surface area contributed by atoms with Crippen LogP contribution in [0.4, 0.5) is 105 Å². The number of benzene rings is 7. The third-order valence-electron chi connectivity index (χ3n) is 12.2. The van der Waals surface area contributed by atoms with E-state index in [1.54, 1.807) is 0 Å². The zero-order valence-corrected chi connectivity index (χ0v) is 41.1. The third-order valence-corrected chi connectivity index (χ3v) is 16.0. The predicted octanol–water partition coefficient (Wildman–Crippen LogP) is 15.5. The van der Waals surface area contributed by atoms with Gasteiger partial charge >= 0.3 is 49.4 Å². The molecule has 0 spiro atoms. The first-order chi connectivity index (χ1) is 36.5. The molecule has 7 aromatic carbocycles. The van der Waals surface area contributed by atoms with E-state index in [0.717, 1.165) is 0 Å². The monoisotopic (exact) mass is 1180 g/mol. The first-order valence-electron chi connectivity index (χ1n) is 22.6. The van der Waals surface area contributed by atoms with Gasteiger partial charge in [0.2, 0.25) is 7.49 Å². The summed E-state index contributed by atoms with van der Waals surface area (Å²) in [7, 11) is -2.11. The minimum Gasteiger partial charge on any atom is -0.219 e. The highest BCUT2D eigenvalue weighted by Crippen LogP contribution is 2.57. The average Bonchev–Trinajstić information content (AvgIpc) is 3.34. The van der Waals surface area contributed by atoms with Gasteiger partial charge in [-0.2, -0.15) is 127 Å². The number of halogens is 24. The van der Waals surface area contributed by atoms with E-state index in [0.29, 0.717) is 0 Å². The van der Waals surface area contributed by atoms with Crippen LogP contribution in [0, 0.1) is 0 Å². The number of hydrogen-bond acceptors (Lipinski definition) is 1. The molecule has 428 valence electrons. The fourth-order valence-corrected chi connectivity index (χ4v) is 12.6. The lowest BCUT2D eigenvalue weighted by Gasteiger charge is -2.46. The maximum atomic E-state index is 14.2. The molecule has 0 atom stereocenters. The molecule has 0 bridgehead atoms. The van der Waals surface area contributed by atoms with E-state index in [-0.39, 0.29) is 6.10 Å². The van der Waals surface area contributed by atoms with Crippen LogP contribution in [0.1, 0.15) is 58.4 Å². The van der Waals surface area contributed by atoms with Crippen molar-refractivity contribution < 1.29 is 110 Å². The fourth-order valence-electron chi connectivity index (χ4n) is 8.93. The molecule has 0 unspecified atom stereocenters. The van der Waals surface area contributed by atoms with E-state index in [1.807, 2.05) is 0 Å². The topological polar surface area (TPSA) is 9.23 Å². The Balaban J connectivity index is 0.000000370. The predicted molar refractivity (Wildman–Crippen MR) is 251 cm³/mol. The fraction of sp³-hybridized carbons (Fsp3) is 0.208. The lowest BCUT2D eigenvalue weighted by Crippen LogP contribution is -2.75. The molecule has 0 saturated heterocycles. The van der Waals surface area contributed by atoms with Gasteiger partial charge in [-0.15, -0.1) is 0 Å². The Morgan fingerprint density at radius 2 is 0.438 bits per heavy atom. The number of alkyl halides is 24. The molecule has 80 heavy (non-hydrogen) atoms. The van der Waals surface area contributed by atoms with Crippen LogP contribution in [0.25, 0.3) is 0 Å². The van der Waals surface area contributed by atoms with Crippen molar-refractivity contribution >= 4 is 51.4 Å². The van der Waals surface area contributed by atoms with Gasteiger partial charge in [-0.25, -0.2) is 4.52 Å². The zero-order chi connectivity index (χ0) is 60.0. The average molecular weight is 1180 g/mol. The van der Waals surface area contributed by atoms with E-state index in [4.69, 9.17) is 4.52 Å². The van der Waals surface area contributed by atoms with Crippen molar-refractivity contribution in [3.63, 3.8) is 0 Å². The van der Waals surface area contributed by atoms with Crippen LogP contribution in [0.2, 0.25) is 0 Å². The smallest absolute Gasteiger partial charge is 0.219 e. The van der Waals surface area contributed by atoms with Crippen LogP contribution in [0.5, 0.6) is 0 Å². The van der Waals surface area contributed by atoms with Crippen molar-refractivity contribution in [2.45, 2.75) is 69.4 Å². The highest BCUT2D eigenvalue weighted by molar-refractivity contribution is 7.91. The number of rotatable bonds is 9. The number of hydrogen-bond donors (Lipinski definition) is 0. The van der Waals surface area contributed by atoms with Gasteiger partial charge in [0.25, 0.3) is 0 Å². The summed E-state index contributed by atoms with van der Waals surface area (Å²) in [6, 6.07) is 23.1. The van der Waals surface area contributed by atoms with Gasteiger partial charge in [0, 0.05) is 0 Å². The zero-order valence-electron chi connectivity index (χ0n) is 40.2. The second-order valence-corrected chi connectivity index (χ2v) is 21.0. The third kappa shape index (κ3) is 13.7. The second kappa shape index (κ2) is 22.0. The summed E-state index contributed by atoms with van der Waals surface area (Å²) >= 11 is 0. The molecule has 1 nitrogen and oxygen atoms in total. The van der Waals surface area contributed by atoms with Crippen molar-refractivity contribution in [2.75, 3.05) is 0 Å². The summed E-state index contributed by atoms with van der Waals surface area (Å²) in [6.45, 7) is 4.23. The van der Waals surface area contributed by atoms with E-state index in [2.05, 4.69) is 105 Å². The van der Waals surface area contributed by atoms with Crippen molar-refractivity contribution in [1.82, 2.24) is 0 Å². The molecule has 0 saturated carbocycles. The lowest BCUT2D eigenvalue weighted by atomic mass is 9.12. The van der Waals surface area contributed by atoms with Gasteiger partial charge in [-0.1, -0.05) is 103 Å². The van der Waals surface area contributed by atoms with Crippen LogP contribution in [-0.4, -0.2) is 12.2 Å². The molecule has 0 aliphatic carbocycles. The molecule has 27 heteroatoms. The summed E-state index contributed by atoms with van der Waals surface area (Å²) in [5, 5.41) is 3.77. The maximum Gasteiger partial charge on any atom is 0.416 e. The Morgan fingerprint density at radius 3 is 0.575 bits per heavy atom. The summed E-state index contributed by atoms with van der Waals surface area (Å²) in [5.74, 6) is 0. The molecule has 0 heterocycles. The van der Waals surface area contributed by atoms with E-state index in [1.165, 1.54) is 15.9 Å². The Kier molecular flexibility index (Phi) is 17.2. The van der Waals surface area contributed by atoms with Gasteiger partial charge < -0.3 is 0 Å². The second-order valence-electron chi connectivity index (χ2n) is 18.0. The molecule has 7 rings (SSSR count). The van der Waals surface area contributed by atoms with E-state index in [9.17, 15) is 105 Å².